The zero-order valence-electron chi connectivity index (χ0n) is 14.5. The molecule has 0 heterocycles. The van der Waals surface area contributed by atoms with Crippen molar-refractivity contribution in [3.63, 3.8) is 0 Å². The third kappa shape index (κ3) is 5.46. The van der Waals surface area contributed by atoms with Gasteiger partial charge in [0.2, 0.25) is 0 Å². The van der Waals surface area contributed by atoms with Crippen LogP contribution in [0.25, 0.3) is 0 Å². The van der Waals surface area contributed by atoms with Crippen molar-refractivity contribution < 1.29 is 9.84 Å². The van der Waals surface area contributed by atoms with Crippen LogP contribution in [0.4, 0.5) is 11.4 Å². The van der Waals surface area contributed by atoms with Gasteiger partial charge in [-0.2, -0.15) is 0 Å². The summed E-state index contributed by atoms with van der Waals surface area (Å²) in [6.07, 6.45) is 11.1. The standard InChI is InChI=1S/C22H22N2O2/c25-14-15-26-22-12-10-21(11-13-22)24-17-19-8-6-18(7-9-19)16-23-20-4-2-1-3-5-20/h1-8,10-13,16-17,24-25H,9,14-15H2. The molecule has 1 aliphatic carbocycles. The molecule has 132 valence electrons. The van der Waals surface area contributed by atoms with E-state index < -0.39 is 0 Å². The lowest BCUT2D eigenvalue weighted by Gasteiger charge is -2.08. The lowest BCUT2D eigenvalue weighted by molar-refractivity contribution is 0.201. The third-order valence-electron chi connectivity index (χ3n) is 3.82. The van der Waals surface area contributed by atoms with Gasteiger partial charge in [-0.25, -0.2) is 0 Å². The fourth-order valence-corrected chi connectivity index (χ4v) is 2.43. The summed E-state index contributed by atoms with van der Waals surface area (Å²) in [4.78, 5) is 4.47. The highest BCUT2D eigenvalue weighted by molar-refractivity contribution is 5.85. The number of hydrogen-bond acceptors (Lipinski definition) is 4. The summed E-state index contributed by atoms with van der Waals surface area (Å²) in [6.45, 7) is 0.327. The highest BCUT2D eigenvalue weighted by atomic mass is 16.5. The van der Waals surface area contributed by atoms with Gasteiger partial charge in [-0.05, 0) is 54.0 Å². The van der Waals surface area contributed by atoms with Crippen molar-refractivity contribution in [2.75, 3.05) is 18.5 Å². The SMILES string of the molecule is OCCOc1ccc(NC=C2C=CC(C=Nc3ccccc3)=CC2)cc1. The normalized spacial score (nSPS) is 15.3. The van der Waals surface area contributed by atoms with Gasteiger partial charge in [0.1, 0.15) is 12.4 Å². The number of rotatable bonds is 7. The molecule has 1 aliphatic rings. The Morgan fingerprint density at radius 2 is 1.85 bits per heavy atom. The van der Waals surface area contributed by atoms with Gasteiger partial charge in [-0.1, -0.05) is 36.4 Å². The summed E-state index contributed by atoms with van der Waals surface area (Å²) in [5.41, 5.74) is 4.25. The van der Waals surface area contributed by atoms with Gasteiger partial charge < -0.3 is 15.2 Å². The van der Waals surface area contributed by atoms with Crippen LogP contribution >= 0.6 is 0 Å². The number of allylic oxidation sites excluding steroid dienone is 5. The van der Waals surface area contributed by atoms with Gasteiger partial charge >= 0.3 is 0 Å². The molecule has 4 nitrogen and oxygen atoms in total. The maximum absolute atomic E-state index is 8.76. The van der Waals surface area contributed by atoms with Gasteiger partial charge in [0.05, 0.1) is 12.3 Å². The second-order valence-corrected chi connectivity index (χ2v) is 5.80. The summed E-state index contributed by atoms with van der Waals surface area (Å²) >= 11 is 0. The van der Waals surface area contributed by atoms with Crippen LogP contribution in [-0.2, 0) is 0 Å². The molecule has 0 atom stereocenters. The monoisotopic (exact) mass is 346 g/mol. The molecule has 4 heteroatoms. The number of benzene rings is 2. The predicted octanol–water partition coefficient (Wildman–Crippen LogP) is 4.64. The maximum Gasteiger partial charge on any atom is 0.119 e. The fraction of sp³-hybridized carbons (Fsp3) is 0.136. The Labute approximate surface area is 153 Å². The van der Waals surface area contributed by atoms with Gasteiger partial charge in [-0.15, -0.1) is 0 Å². The number of nitrogens with one attached hydrogen (secondary N) is 1. The third-order valence-corrected chi connectivity index (χ3v) is 3.82. The first-order valence-corrected chi connectivity index (χ1v) is 8.60. The van der Waals surface area contributed by atoms with Crippen LogP contribution in [0.5, 0.6) is 5.75 Å². The number of aliphatic hydroxyl groups is 1. The van der Waals surface area contributed by atoms with Crippen LogP contribution in [-0.4, -0.2) is 24.5 Å². The first kappa shape index (κ1) is 17.7. The van der Waals surface area contributed by atoms with E-state index in [1.54, 1.807) is 0 Å². The molecule has 0 unspecified atom stereocenters. The molecular formula is C22H22N2O2. The van der Waals surface area contributed by atoms with Crippen molar-refractivity contribution in [2.24, 2.45) is 4.99 Å². The van der Waals surface area contributed by atoms with Crippen molar-refractivity contribution in [1.82, 2.24) is 0 Å². The summed E-state index contributed by atoms with van der Waals surface area (Å²) in [6, 6.07) is 17.6. The van der Waals surface area contributed by atoms with Crippen LogP contribution in [0.2, 0.25) is 0 Å². The molecule has 2 N–H and O–H groups in total. The molecule has 0 spiro atoms. The van der Waals surface area contributed by atoms with E-state index in [1.807, 2.05) is 67.0 Å². The zero-order valence-corrected chi connectivity index (χ0v) is 14.5. The minimum atomic E-state index is 0.0179. The molecule has 0 radical (unpaired) electrons. The van der Waals surface area contributed by atoms with Crippen molar-refractivity contribution >= 4 is 17.6 Å². The molecule has 0 saturated heterocycles. The van der Waals surface area contributed by atoms with E-state index in [0.29, 0.717) is 6.61 Å². The number of nitrogens with zero attached hydrogens (tertiary/aromatic N) is 1. The number of ether oxygens (including phenoxy) is 1. The quantitative estimate of drug-likeness (QED) is 0.718. The highest BCUT2D eigenvalue weighted by Crippen LogP contribution is 2.19. The molecule has 0 fully saturated rings. The highest BCUT2D eigenvalue weighted by Gasteiger charge is 2.00. The second-order valence-electron chi connectivity index (χ2n) is 5.80. The van der Waals surface area contributed by atoms with Gasteiger partial charge in [0.15, 0.2) is 0 Å². The Morgan fingerprint density at radius 3 is 2.54 bits per heavy atom. The van der Waals surface area contributed by atoms with E-state index in [0.717, 1.165) is 29.1 Å². The van der Waals surface area contributed by atoms with Crippen LogP contribution in [0, 0.1) is 0 Å². The van der Waals surface area contributed by atoms with E-state index in [4.69, 9.17) is 9.84 Å². The smallest absolute Gasteiger partial charge is 0.119 e. The van der Waals surface area contributed by atoms with E-state index in [2.05, 4.69) is 28.5 Å². The molecule has 0 aliphatic heterocycles. The molecule has 2 aromatic rings. The Hall–Kier alpha value is -3.11. The first-order chi connectivity index (χ1) is 12.8. The van der Waals surface area contributed by atoms with Crippen LogP contribution in [0.15, 0.2) is 95.2 Å². The molecule has 0 bridgehead atoms. The summed E-state index contributed by atoms with van der Waals surface area (Å²) in [7, 11) is 0. The Morgan fingerprint density at radius 1 is 1.04 bits per heavy atom. The van der Waals surface area contributed by atoms with Gasteiger partial charge in [-0.3, -0.25) is 4.99 Å². The van der Waals surface area contributed by atoms with E-state index in [1.165, 1.54) is 5.57 Å². The van der Waals surface area contributed by atoms with Crippen molar-refractivity contribution in [3.8, 4) is 5.75 Å². The maximum atomic E-state index is 8.76. The minimum absolute atomic E-state index is 0.0179. The van der Waals surface area contributed by atoms with Crippen LogP contribution in [0.3, 0.4) is 0 Å². The fourth-order valence-electron chi connectivity index (χ4n) is 2.43. The number of para-hydroxylation sites is 1. The van der Waals surface area contributed by atoms with Crippen LogP contribution in [0.1, 0.15) is 6.42 Å². The lowest BCUT2D eigenvalue weighted by Crippen LogP contribution is -2.01. The lowest BCUT2D eigenvalue weighted by atomic mass is 10.0. The first-order valence-electron chi connectivity index (χ1n) is 8.60. The molecular weight excluding hydrogens is 324 g/mol. The van der Waals surface area contributed by atoms with E-state index >= 15 is 0 Å². The molecule has 0 saturated carbocycles. The van der Waals surface area contributed by atoms with E-state index in [9.17, 15) is 0 Å². The van der Waals surface area contributed by atoms with E-state index in [-0.39, 0.29) is 6.61 Å². The van der Waals surface area contributed by atoms with Gasteiger partial charge in [0, 0.05) is 18.1 Å². The molecule has 0 amide bonds. The topological polar surface area (TPSA) is 53.9 Å². The predicted molar refractivity (Wildman–Crippen MR) is 107 cm³/mol. The number of aliphatic imine (C=N–C) groups is 1. The summed E-state index contributed by atoms with van der Waals surface area (Å²) < 4.78 is 5.35. The second kappa shape index (κ2) is 9.39. The van der Waals surface area contributed by atoms with Crippen molar-refractivity contribution in [2.45, 2.75) is 6.42 Å². The Bertz CT molecular complexity index is 819. The summed E-state index contributed by atoms with van der Waals surface area (Å²) in [5, 5.41) is 12.0. The molecule has 0 aromatic heterocycles. The number of hydrogen-bond donors (Lipinski definition) is 2. The average molecular weight is 346 g/mol. The minimum Gasteiger partial charge on any atom is -0.491 e. The number of anilines is 1. The van der Waals surface area contributed by atoms with Crippen molar-refractivity contribution in [3.05, 3.63) is 90.2 Å². The van der Waals surface area contributed by atoms with Crippen LogP contribution < -0.4 is 10.1 Å². The van der Waals surface area contributed by atoms with Crippen molar-refractivity contribution in [1.29, 1.82) is 0 Å². The van der Waals surface area contributed by atoms with Gasteiger partial charge in [0.25, 0.3) is 0 Å². The number of aliphatic hydroxyl groups excluding tert-OH is 1. The summed E-state index contributed by atoms with van der Waals surface area (Å²) in [5.74, 6) is 0.750. The molecule has 26 heavy (non-hydrogen) atoms. The largest absolute Gasteiger partial charge is 0.491 e. The average Bonchev–Trinajstić information content (AvgIpc) is 2.71. The Kier molecular flexibility index (Phi) is 6.40. The molecule has 2 aromatic carbocycles. The molecule has 3 rings (SSSR count). The Balaban J connectivity index is 1.52. The zero-order chi connectivity index (χ0) is 18.0.